The summed E-state index contributed by atoms with van der Waals surface area (Å²) in [6.07, 6.45) is 2.66. The van der Waals surface area contributed by atoms with Crippen LogP contribution in [-0.2, 0) is 16.6 Å². The number of carbonyl (C=O) groups excluding carboxylic acids is 1. The largest absolute Gasteiger partial charge is 0.497 e. The van der Waals surface area contributed by atoms with Crippen LogP contribution in [0.5, 0.6) is 11.5 Å². The van der Waals surface area contributed by atoms with Gasteiger partial charge >= 0.3 is 0 Å². The van der Waals surface area contributed by atoms with E-state index in [4.69, 9.17) is 9.47 Å². The van der Waals surface area contributed by atoms with E-state index in [9.17, 15) is 13.2 Å². The third-order valence-corrected chi connectivity index (χ3v) is 6.67. The quantitative estimate of drug-likeness (QED) is 0.357. The molecule has 0 heterocycles. The fraction of sp³-hybridized carbons (Fsp3) is 0.231. The van der Waals surface area contributed by atoms with Crippen LogP contribution in [-0.4, -0.2) is 41.0 Å². The number of hydrazone groups is 1. The van der Waals surface area contributed by atoms with Gasteiger partial charge in [0.1, 0.15) is 11.5 Å². The molecule has 0 aromatic heterocycles. The van der Waals surface area contributed by atoms with Crippen LogP contribution >= 0.6 is 0 Å². The van der Waals surface area contributed by atoms with Crippen molar-refractivity contribution in [2.75, 3.05) is 24.8 Å². The highest BCUT2D eigenvalue weighted by Crippen LogP contribution is 2.24. The lowest BCUT2D eigenvalue weighted by Crippen LogP contribution is -2.29. The van der Waals surface area contributed by atoms with E-state index in [2.05, 4.69) is 10.5 Å². The molecule has 1 amide bonds. The first-order chi connectivity index (χ1) is 16.6. The molecule has 1 N–H and O–H groups in total. The predicted octanol–water partition coefficient (Wildman–Crippen LogP) is 4.05. The number of hydrogen-bond acceptors (Lipinski definition) is 6. The molecule has 0 aliphatic carbocycles. The molecule has 3 aromatic carbocycles. The van der Waals surface area contributed by atoms with Gasteiger partial charge in [0.2, 0.25) is 10.0 Å². The maximum Gasteiger partial charge on any atom is 0.271 e. The minimum atomic E-state index is -3.50. The molecule has 0 aliphatic rings. The van der Waals surface area contributed by atoms with Crippen molar-refractivity contribution in [2.24, 2.45) is 5.10 Å². The van der Waals surface area contributed by atoms with Crippen molar-refractivity contribution in [3.8, 4) is 11.5 Å². The van der Waals surface area contributed by atoms with E-state index in [0.29, 0.717) is 28.3 Å². The zero-order valence-electron chi connectivity index (χ0n) is 20.4. The van der Waals surface area contributed by atoms with Gasteiger partial charge in [-0.05, 0) is 66.9 Å². The van der Waals surface area contributed by atoms with Crippen LogP contribution in [0.4, 0.5) is 5.69 Å². The maximum absolute atomic E-state index is 12.5. The van der Waals surface area contributed by atoms with Gasteiger partial charge in [0.05, 0.1) is 38.9 Å². The Morgan fingerprint density at radius 2 is 1.69 bits per heavy atom. The Balaban J connectivity index is 1.70. The maximum atomic E-state index is 12.5. The third kappa shape index (κ3) is 6.60. The Kier molecular flexibility index (Phi) is 8.14. The molecule has 9 heteroatoms. The second-order valence-corrected chi connectivity index (χ2v) is 9.95. The molecule has 8 nitrogen and oxygen atoms in total. The summed E-state index contributed by atoms with van der Waals surface area (Å²) in [5.41, 5.74) is 7.00. The first-order valence-electron chi connectivity index (χ1n) is 10.8. The normalized spacial score (nSPS) is 11.3. The molecule has 3 aromatic rings. The average molecular weight is 496 g/mol. The molecule has 0 saturated heterocycles. The molecule has 0 atom stereocenters. The number of carbonyl (C=O) groups is 1. The summed E-state index contributed by atoms with van der Waals surface area (Å²) in [4.78, 5) is 12.5. The second-order valence-electron chi connectivity index (χ2n) is 8.04. The summed E-state index contributed by atoms with van der Waals surface area (Å²) in [6.45, 7) is 4.07. The van der Waals surface area contributed by atoms with Gasteiger partial charge in [0.15, 0.2) is 0 Å². The molecule has 0 saturated carbocycles. The van der Waals surface area contributed by atoms with Crippen LogP contribution in [0.3, 0.4) is 0 Å². The lowest BCUT2D eigenvalue weighted by atomic mass is 10.1. The standard InChI is InChI=1S/C26H29N3O5S/c1-18-6-12-23(14-19(18)2)29(35(5,31)32)17-20-7-9-21(10-8-20)26(30)28-27-16-22-11-13-24(33-3)15-25(22)34-4/h6-16H,17H2,1-5H3,(H,28,30)/b27-16-. The topological polar surface area (TPSA) is 97.3 Å². The summed E-state index contributed by atoms with van der Waals surface area (Å²) < 4.78 is 36.7. The summed E-state index contributed by atoms with van der Waals surface area (Å²) >= 11 is 0. The minimum Gasteiger partial charge on any atom is -0.497 e. The number of benzene rings is 3. The highest BCUT2D eigenvalue weighted by Gasteiger charge is 2.18. The van der Waals surface area contributed by atoms with E-state index in [1.165, 1.54) is 23.9 Å². The molecular weight excluding hydrogens is 466 g/mol. The highest BCUT2D eigenvalue weighted by molar-refractivity contribution is 7.92. The van der Waals surface area contributed by atoms with Crippen LogP contribution < -0.4 is 19.2 Å². The van der Waals surface area contributed by atoms with Gasteiger partial charge in [0.25, 0.3) is 5.91 Å². The van der Waals surface area contributed by atoms with E-state index < -0.39 is 15.9 Å². The number of sulfonamides is 1. The number of rotatable bonds is 9. The first kappa shape index (κ1) is 25.8. The van der Waals surface area contributed by atoms with Crippen LogP contribution in [0.15, 0.2) is 65.8 Å². The predicted molar refractivity (Wildman–Crippen MR) is 138 cm³/mol. The van der Waals surface area contributed by atoms with Gasteiger partial charge in [-0.3, -0.25) is 9.10 Å². The van der Waals surface area contributed by atoms with Crippen LogP contribution in [0.1, 0.15) is 32.6 Å². The Labute approximate surface area is 206 Å². The second kappa shape index (κ2) is 11.1. The van der Waals surface area contributed by atoms with E-state index in [1.807, 2.05) is 26.0 Å². The van der Waals surface area contributed by atoms with Crippen molar-refractivity contribution in [2.45, 2.75) is 20.4 Å². The van der Waals surface area contributed by atoms with E-state index in [1.54, 1.807) is 55.6 Å². The zero-order chi connectivity index (χ0) is 25.6. The Hall–Kier alpha value is -3.85. The molecule has 0 spiro atoms. The van der Waals surface area contributed by atoms with Crippen molar-refractivity contribution < 1.29 is 22.7 Å². The molecule has 0 bridgehead atoms. The summed E-state index contributed by atoms with van der Waals surface area (Å²) in [5, 5.41) is 4.01. The molecule has 3 rings (SSSR count). The molecule has 184 valence electrons. The van der Waals surface area contributed by atoms with Crippen molar-refractivity contribution in [3.63, 3.8) is 0 Å². The summed E-state index contributed by atoms with van der Waals surface area (Å²) in [7, 11) is -0.400. The first-order valence-corrected chi connectivity index (χ1v) is 12.7. The van der Waals surface area contributed by atoms with Crippen LogP contribution in [0.25, 0.3) is 0 Å². The molecule has 0 aliphatic heterocycles. The zero-order valence-corrected chi connectivity index (χ0v) is 21.2. The van der Waals surface area contributed by atoms with E-state index >= 15 is 0 Å². The van der Waals surface area contributed by atoms with Crippen molar-refractivity contribution in [3.05, 3.63) is 88.5 Å². The molecular formula is C26H29N3O5S. The molecule has 0 radical (unpaired) electrons. The summed E-state index contributed by atoms with van der Waals surface area (Å²) in [6, 6.07) is 17.5. The Bertz CT molecular complexity index is 1340. The lowest BCUT2D eigenvalue weighted by Gasteiger charge is -2.23. The van der Waals surface area contributed by atoms with Gasteiger partial charge < -0.3 is 9.47 Å². The monoisotopic (exact) mass is 495 g/mol. The van der Waals surface area contributed by atoms with E-state index in [-0.39, 0.29) is 6.54 Å². The minimum absolute atomic E-state index is 0.151. The fourth-order valence-corrected chi connectivity index (χ4v) is 4.24. The van der Waals surface area contributed by atoms with Gasteiger partial charge in [-0.1, -0.05) is 18.2 Å². The SMILES string of the molecule is COc1ccc(/C=N\NC(=O)c2ccc(CN(c3ccc(C)c(C)c3)S(C)(=O)=O)cc2)c(OC)c1. The van der Waals surface area contributed by atoms with Crippen LogP contribution in [0, 0.1) is 13.8 Å². The highest BCUT2D eigenvalue weighted by atomic mass is 32.2. The fourth-order valence-electron chi connectivity index (χ4n) is 3.36. The number of hydrogen-bond donors (Lipinski definition) is 1. The number of ether oxygens (including phenoxy) is 2. The van der Waals surface area contributed by atoms with Crippen molar-refractivity contribution in [1.29, 1.82) is 0 Å². The summed E-state index contributed by atoms with van der Waals surface area (Å²) in [5.74, 6) is 0.815. The number of amides is 1. The number of anilines is 1. The number of methoxy groups -OCH3 is 2. The Morgan fingerprint density at radius 1 is 0.971 bits per heavy atom. The molecule has 35 heavy (non-hydrogen) atoms. The molecule has 0 fully saturated rings. The molecule has 0 unspecified atom stereocenters. The van der Waals surface area contributed by atoms with Crippen molar-refractivity contribution in [1.82, 2.24) is 5.43 Å². The van der Waals surface area contributed by atoms with Gasteiger partial charge in [-0.15, -0.1) is 0 Å². The number of nitrogens with one attached hydrogen (secondary N) is 1. The van der Waals surface area contributed by atoms with Crippen molar-refractivity contribution >= 4 is 27.8 Å². The van der Waals surface area contributed by atoms with E-state index in [0.717, 1.165) is 16.7 Å². The van der Waals surface area contributed by atoms with Gasteiger partial charge in [0, 0.05) is 17.2 Å². The van der Waals surface area contributed by atoms with Gasteiger partial charge in [-0.25, -0.2) is 13.8 Å². The number of nitrogens with zero attached hydrogens (tertiary/aromatic N) is 2. The Morgan fingerprint density at radius 3 is 2.29 bits per heavy atom. The third-order valence-electron chi connectivity index (χ3n) is 5.53. The lowest BCUT2D eigenvalue weighted by molar-refractivity contribution is 0.0955. The van der Waals surface area contributed by atoms with Gasteiger partial charge in [-0.2, -0.15) is 5.10 Å². The smallest absolute Gasteiger partial charge is 0.271 e. The number of aryl methyl sites for hydroxylation is 2. The van der Waals surface area contributed by atoms with Crippen LogP contribution in [0.2, 0.25) is 0 Å². The average Bonchev–Trinajstić information content (AvgIpc) is 2.84.